The molecule has 156 valence electrons. The van der Waals surface area contributed by atoms with Gasteiger partial charge in [0.25, 0.3) is 0 Å². The maximum atomic E-state index is 13.3. The molecule has 2 heterocycles. The lowest BCUT2D eigenvalue weighted by molar-refractivity contribution is -0.118. The highest BCUT2D eigenvalue weighted by Crippen LogP contribution is 2.51. The summed E-state index contributed by atoms with van der Waals surface area (Å²) in [5, 5.41) is 3.59. The van der Waals surface area contributed by atoms with E-state index in [9.17, 15) is 4.79 Å². The Kier molecular flexibility index (Phi) is 4.42. The summed E-state index contributed by atoms with van der Waals surface area (Å²) in [4.78, 5) is 13.3. The second-order valence-electron chi connectivity index (χ2n) is 9.80. The second-order valence-corrected chi connectivity index (χ2v) is 9.80. The zero-order valence-electron chi connectivity index (χ0n) is 18.2. The minimum absolute atomic E-state index is 0.0414. The maximum Gasteiger partial charge on any atom is 0.163 e. The van der Waals surface area contributed by atoms with Gasteiger partial charge in [0.2, 0.25) is 0 Å². The van der Waals surface area contributed by atoms with Crippen LogP contribution in [0, 0.1) is 5.41 Å². The van der Waals surface area contributed by atoms with Gasteiger partial charge in [-0.25, -0.2) is 0 Å². The van der Waals surface area contributed by atoms with Crippen molar-refractivity contribution in [3.63, 3.8) is 0 Å². The van der Waals surface area contributed by atoms with Gasteiger partial charge in [-0.3, -0.25) is 4.79 Å². The summed E-state index contributed by atoms with van der Waals surface area (Å²) in [6, 6.07) is 12.9. The lowest BCUT2D eigenvalue weighted by Crippen LogP contribution is -2.34. The number of carbonyl (C=O) groups excluding carboxylic acids is 1. The highest BCUT2D eigenvalue weighted by Gasteiger charge is 2.41. The van der Waals surface area contributed by atoms with Crippen LogP contribution in [0.15, 0.2) is 47.7 Å². The molecule has 0 unspecified atom stereocenters. The monoisotopic (exact) mass is 403 g/mol. The van der Waals surface area contributed by atoms with Gasteiger partial charge >= 0.3 is 0 Å². The molecule has 1 N–H and O–H groups in total. The van der Waals surface area contributed by atoms with E-state index in [2.05, 4.69) is 63.3 Å². The van der Waals surface area contributed by atoms with Crippen LogP contribution in [0.1, 0.15) is 69.1 Å². The van der Waals surface area contributed by atoms with Crippen LogP contribution in [0.3, 0.4) is 0 Å². The number of anilines is 1. The van der Waals surface area contributed by atoms with E-state index < -0.39 is 0 Å². The number of ketones is 1. The van der Waals surface area contributed by atoms with Crippen LogP contribution < -0.4 is 14.8 Å². The molecule has 3 aliphatic rings. The molecule has 0 saturated carbocycles. The Morgan fingerprint density at radius 1 is 1.00 bits per heavy atom. The molecule has 1 aliphatic carbocycles. The van der Waals surface area contributed by atoms with Gasteiger partial charge in [-0.15, -0.1) is 0 Å². The second kappa shape index (κ2) is 6.90. The summed E-state index contributed by atoms with van der Waals surface area (Å²) in [7, 11) is 0. The van der Waals surface area contributed by atoms with E-state index in [4.69, 9.17) is 9.47 Å². The van der Waals surface area contributed by atoms with E-state index >= 15 is 0 Å². The Balaban J connectivity index is 1.68. The number of rotatable bonds is 2. The summed E-state index contributed by atoms with van der Waals surface area (Å²) in [6.45, 7) is 9.85. The van der Waals surface area contributed by atoms with Gasteiger partial charge in [0.1, 0.15) is 13.2 Å². The molecular weight excluding hydrogens is 374 g/mol. The third-order valence-electron chi connectivity index (χ3n) is 6.46. The highest BCUT2D eigenvalue weighted by molar-refractivity contribution is 6.01. The molecule has 0 bridgehead atoms. The van der Waals surface area contributed by atoms with Crippen molar-refractivity contribution in [2.24, 2.45) is 5.41 Å². The third-order valence-corrected chi connectivity index (χ3v) is 6.46. The zero-order chi connectivity index (χ0) is 21.0. The van der Waals surface area contributed by atoms with Crippen molar-refractivity contribution in [1.29, 1.82) is 0 Å². The number of carbonyl (C=O) groups is 1. The van der Waals surface area contributed by atoms with E-state index in [1.165, 1.54) is 5.56 Å². The molecule has 2 aromatic rings. The molecule has 0 amide bonds. The SMILES string of the molecule is CC(C)c1ccc([C@H]2C3=C(CC(C)(C)CC3=O)Nc3cc4c(cc32)OCCO4)cc1. The van der Waals surface area contributed by atoms with Crippen molar-refractivity contribution in [3.05, 3.63) is 64.4 Å². The Morgan fingerprint density at radius 3 is 2.33 bits per heavy atom. The Bertz CT molecular complexity index is 1050. The van der Waals surface area contributed by atoms with E-state index in [0.717, 1.165) is 46.0 Å². The molecule has 4 heteroatoms. The zero-order valence-corrected chi connectivity index (χ0v) is 18.2. The quantitative estimate of drug-likeness (QED) is 0.690. The van der Waals surface area contributed by atoms with Crippen molar-refractivity contribution in [3.8, 4) is 11.5 Å². The fourth-order valence-corrected chi connectivity index (χ4v) is 4.97. The van der Waals surface area contributed by atoms with Crippen LogP contribution in [-0.2, 0) is 4.79 Å². The highest BCUT2D eigenvalue weighted by atomic mass is 16.6. The molecule has 0 saturated heterocycles. The van der Waals surface area contributed by atoms with Gasteiger partial charge in [0.05, 0.1) is 0 Å². The molecule has 0 radical (unpaired) electrons. The summed E-state index contributed by atoms with van der Waals surface area (Å²) in [5.41, 5.74) is 6.49. The number of Topliss-reactive ketones (excluding diaryl/α,β-unsaturated/α-hetero) is 1. The predicted octanol–water partition coefficient (Wildman–Crippen LogP) is 5.78. The lowest BCUT2D eigenvalue weighted by atomic mass is 9.68. The fraction of sp³-hybridized carbons (Fsp3) is 0.423. The summed E-state index contributed by atoms with van der Waals surface area (Å²) < 4.78 is 11.7. The first-order valence-electron chi connectivity index (χ1n) is 10.9. The molecule has 0 fully saturated rings. The van der Waals surface area contributed by atoms with Gasteiger partial charge in [-0.1, -0.05) is 52.0 Å². The smallest absolute Gasteiger partial charge is 0.163 e. The summed E-state index contributed by atoms with van der Waals surface area (Å²) >= 11 is 0. The van der Waals surface area contributed by atoms with Gasteiger partial charge in [-0.2, -0.15) is 0 Å². The third kappa shape index (κ3) is 3.19. The molecule has 1 atom stereocenters. The Hall–Kier alpha value is -2.75. The summed E-state index contributed by atoms with van der Waals surface area (Å²) in [6.07, 6.45) is 1.44. The van der Waals surface area contributed by atoms with Crippen molar-refractivity contribution < 1.29 is 14.3 Å². The first kappa shape index (κ1) is 19.2. The number of hydrogen-bond acceptors (Lipinski definition) is 4. The van der Waals surface area contributed by atoms with Gasteiger partial charge < -0.3 is 14.8 Å². The van der Waals surface area contributed by atoms with Crippen LogP contribution in [0.2, 0.25) is 0 Å². The normalized spacial score (nSPS) is 21.8. The molecule has 0 aromatic heterocycles. The van der Waals surface area contributed by atoms with E-state index in [0.29, 0.717) is 25.6 Å². The summed E-state index contributed by atoms with van der Waals surface area (Å²) in [5.74, 6) is 2.16. The number of hydrogen-bond donors (Lipinski definition) is 1. The molecule has 0 spiro atoms. The van der Waals surface area contributed by atoms with Gasteiger partial charge in [-0.05, 0) is 40.5 Å². The van der Waals surface area contributed by atoms with Crippen LogP contribution in [0.5, 0.6) is 11.5 Å². The van der Waals surface area contributed by atoms with E-state index in [1.807, 2.05) is 6.07 Å². The predicted molar refractivity (Wildman–Crippen MR) is 118 cm³/mol. The van der Waals surface area contributed by atoms with Crippen LogP contribution in [-0.4, -0.2) is 19.0 Å². The Labute approximate surface area is 178 Å². The van der Waals surface area contributed by atoms with Crippen LogP contribution in [0.25, 0.3) is 0 Å². The average molecular weight is 404 g/mol. The van der Waals surface area contributed by atoms with Crippen molar-refractivity contribution in [2.45, 2.75) is 52.4 Å². The average Bonchev–Trinajstić information content (AvgIpc) is 2.70. The van der Waals surface area contributed by atoms with Crippen molar-refractivity contribution >= 4 is 11.5 Å². The molecular formula is C26H29NO3. The first-order valence-corrected chi connectivity index (χ1v) is 10.9. The largest absolute Gasteiger partial charge is 0.486 e. The minimum Gasteiger partial charge on any atom is -0.486 e. The number of ether oxygens (including phenoxy) is 2. The van der Waals surface area contributed by atoms with Crippen molar-refractivity contribution in [1.82, 2.24) is 0 Å². The standard InChI is InChI=1S/C26H29NO3/c1-15(2)16-5-7-17(8-6-16)24-18-11-22-23(30-10-9-29-22)12-19(18)27-20-13-26(3,4)14-21(28)25(20)24/h5-8,11-12,15,24,27H,9-10,13-14H2,1-4H3/t24-/m1/s1. The van der Waals surface area contributed by atoms with Gasteiger partial charge in [0, 0.05) is 35.4 Å². The minimum atomic E-state index is -0.0862. The first-order chi connectivity index (χ1) is 14.3. The molecule has 4 nitrogen and oxygen atoms in total. The number of benzene rings is 2. The molecule has 5 rings (SSSR count). The Morgan fingerprint density at radius 2 is 1.67 bits per heavy atom. The van der Waals surface area contributed by atoms with Gasteiger partial charge in [0.15, 0.2) is 17.3 Å². The fourth-order valence-electron chi connectivity index (χ4n) is 4.97. The number of nitrogens with one attached hydrogen (secondary N) is 1. The molecule has 2 aromatic carbocycles. The lowest BCUT2D eigenvalue weighted by Gasteiger charge is -2.40. The molecule has 30 heavy (non-hydrogen) atoms. The maximum absolute atomic E-state index is 13.3. The number of fused-ring (bicyclic) bond motifs is 2. The van der Waals surface area contributed by atoms with Crippen LogP contribution >= 0.6 is 0 Å². The van der Waals surface area contributed by atoms with E-state index in [1.54, 1.807) is 0 Å². The molecule has 2 aliphatic heterocycles. The topological polar surface area (TPSA) is 47.6 Å². The number of allylic oxidation sites excluding steroid dienone is 2. The van der Waals surface area contributed by atoms with Crippen molar-refractivity contribution in [2.75, 3.05) is 18.5 Å². The van der Waals surface area contributed by atoms with E-state index in [-0.39, 0.29) is 17.1 Å². The van der Waals surface area contributed by atoms with Crippen LogP contribution in [0.4, 0.5) is 5.69 Å².